The van der Waals surface area contributed by atoms with Crippen molar-refractivity contribution in [3.8, 4) is 0 Å². The SMILES string of the molecule is CCC(=O)N1CCC(NC(=NC)NCCn2cc(C)cn2)C1.I. The van der Waals surface area contributed by atoms with Crippen LogP contribution in [0.15, 0.2) is 17.4 Å². The molecule has 7 nitrogen and oxygen atoms in total. The quantitative estimate of drug-likeness (QED) is 0.412. The van der Waals surface area contributed by atoms with Crippen LogP contribution in [0.5, 0.6) is 0 Å². The maximum Gasteiger partial charge on any atom is 0.222 e. The van der Waals surface area contributed by atoms with E-state index in [4.69, 9.17) is 0 Å². The van der Waals surface area contributed by atoms with Crippen LogP contribution in [0.4, 0.5) is 0 Å². The van der Waals surface area contributed by atoms with Gasteiger partial charge in [0.05, 0.1) is 12.7 Å². The van der Waals surface area contributed by atoms with Crippen molar-refractivity contribution in [3.05, 3.63) is 18.0 Å². The van der Waals surface area contributed by atoms with E-state index in [1.165, 1.54) is 0 Å². The highest BCUT2D eigenvalue weighted by molar-refractivity contribution is 14.0. The van der Waals surface area contributed by atoms with Gasteiger partial charge in [-0.1, -0.05) is 6.92 Å². The summed E-state index contributed by atoms with van der Waals surface area (Å²) in [5.74, 6) is 1.00. The van der Waals surface area contributed by atoms with Crippen LogP contribution in [0.3, 0.4) is 0 Å². The minimum absolute atomic E-state index is 0. The summed E-state index contributed by atoms with van der Waals surface area (Å²) in [6.07, 6.45) is 5.40. The van der Waals surface area contributed by atoms with Crippen LogP contribution >= 0.6 is 24.0 Å². The third-order valence-corrected chi connectivity index (χ3v) is 3.80. The monoisotopic (exact) mass is 434 g/mol. The number of aromatic nitrogens is 2. The molecule has 1 saturated heterocycles. The van der Waals surface area contributed by atoms with Crippen LogP contribution in [0.2, 0.25) is 0 Å². The Morgan fingerprint density at radius 3 is 2.91 bits per heavy atom. The van der Waals surface area contributed by atoms with E-state index in [1.54, 1.807) is 7.05 Å². The van der Waals surface area contributed by atoms with Crippen LogP contribution < -0.4 is 10.6 Å². The smallest absolute Gasteiger partial charge is 0.222 e. The molecule has 0 radical (unpaired) electrons. The van der Waals surface area contributed by atoms with Gasteiger partial charge in [0.15, 0.2) is 5.96 Å². The van der Waals surface area contributed by atoms with Gasteiger partial charge in [0, 0.05) is 45.3 Å². The van der Waals surface area contributed by atoms with Crippen LogP contribution in [0, 0.1) is 6.92 Å². The van der Waals surface area contributed by atoms with Crippen LogP contribution in [0.1, 0.15) is 25.3 Å². The van der Waals surface area contributed by atoms with Crippen molar-refractivity contribution in [2.75, 3.05) is 26.7 Å². The predicted octanol–water partition coefficient (Wildman–Crippen LogP) is 0.985. The molecule has 0 aromatic carbocycles. The van der Waals surface area contributed by atoms with Crippen molar-refractivity contribution in [1.82, 2.24) is 25.3 Å². The summed E-state index contributed by atoms with van der Waals surface area (Å²) in [4.78, 5) is 17.8. The van der Waals surface area contributed by atoms with Gasteiger partial charge >= 0.3 is 0 Å². The molecule has 1 aromatic heterocycles. The third-order valence-electron chi connectivity index (χ3n) is 3.80. The van der Waals surface area contributed by atoms with Crippen molar-refractivity contribution in [1.29, 1.82) is 0 Å². The summed E-state index contributed by atoms with van der Waals surface area (Å²) in [5, 5.41) is 10.9. The van der Waals surface area contributed by atoms with Gasteiger partial charge in [-0.05, 0) is 18.9 Å². The molecule has 0 spiro atoms. The molecule has 0 aliphatic carbocycles. The number of likely N-dealkylation sites (tertiary alicyclic amines) is 1. The molecule has 0 saturated carbocycles. The normalized spacial score (nSPS) is 17.8. The zero-order chi connectivity index (χ0) is 15.9. The summed E-state index contributed by atoms with van der Waals surface area (Å²) in [6, 6.07) is 0.272. The second-order valence-electron chi connectivity index (χ2n) is 5.60. The van der Waals surface area contributed by atoms with Gasteiger partial charge in [0.25, 0.3) is 0 Å². The first-order chi connectivity index (χ1) is 10.6. The second-order valence-corrected chi connectivity index (χ2v) is 5.60. The van der Waals surface area contributed by atoms with Gasteiger partial charge in [-0.3, -0.25) is 14.5 Å². The summed E-state index contributed by atoms with van der Waals surface area (Å²) in [5.41, 5.74) is 1.16. The van der Waals surface area contributed by atoms with E-state index >= 15 is 0 Å². The number of nitrogens with zero attached hydrogens (tertiary/aromatic N) is 4. The molecule has 130 valence electrons. The Kier molecular flexibility index (Phi) is 8.35. The molecule has 2 N–H and O–H groups in total. The molecule has 1 fully saturated rings. The van der Waals surface area contributed by atoms with Gasteiger partial charge in [-0.25, -0.2) is 0 Å². The molecule has 1 aliphatic heterocycles. The van der Waals surface area contributed by atoms with Crippen LogP contribution in [-0.2, 0) is 11.3 Å². The highest BCUT2D eigenvalue weighted by Gasteiger charge is 2.25. The van der Waals surface area contributed by atoms with E-state index < -0.39 is 0 Å². The Hall–Kier alpha value is -1.32. The average Bonchev–Trinajstić information content (AvgIpc) is 3.14. The summed E-state index contributed by atoms with van der Waals surface area (Å²) in [6.45, 7) is 7.06. The molecule has 1 aromatic rings. The predicted molar refractivity (Wildman–Crippen MR) is 102 cm³/mol. The zero-order valence-electron chi connectivity index (χ0n) is 14.1. The van der Waals surface area contributed by atoms with Gasteiger partial charge in [0.2, 0.25) is 5.91 Å². The molecule has 2 rings (SSSR count). The summed E-state index contributed by atoms with van der Waals surface area (Å²) < 4.78 is 1.91. The van der Waals surface area contributed by atoms with Crippen molar-refractivity contribution >= 4 is 35.8 Å². The fourth-order valence-corrected chi connectivity index (χ4v) is 2.59. The Labute approximate surface area is 154 Å². The third kappa shape index (κ3) is 6.00. The van der Waals surface area contributed by atoms with E-state index in [0.717, 1.165) is 44.1 Å². The number of carbonyl (C=O) groups is 1. The number of hydrogen-bond acceptors (Lipinski definition) is 3. The summed E-state index contributed by atoms with van der Waals surface area (Å²) in [7, 11) is 1.76. The molecule has 1 atom stereocenters. The van der Waals surface area contributed by atoms with Crippen molar-refractivity contribution in [2.45, 2.75) is 39.3 Å². The number of carbonyl (C=O) groups excluding carboxylic acids is 1. The maximum absolute atomic E-state index is 11.7. The second kappa shape index (κ2) is 9.74. The number of guanidine groups is 1. The largest absolute Gasteiger partial charge is 0.355 e. The van der Waals surface area contributed by atoms with Gasteiger partial charge in [0.1, 0.15) is 0 Å². The molecule has 1 aliphatic rings. The Morgan fingerprint density at radius 2 is 2.30 bits per heavy atom. The van der Waals surface area contributed by atoms with E-state index in [9.17, 15) is 4.79 Å². The number of nitrogens with one attached hydrogen (secondary N) is 2. The zero-order valence-corrected chi connectivity index (χ0v) is 16.4. The summed E-state index contributed by atoms with van der Waals surface area (Å²) >= 11 is 0. The lowest BCUT2D eigenvalue weighted by Crippen LogP contribution is -2.45. The highest BCUT2D eigenvalue weighted by atomic mass is 127. The number of hydrogen-bond donors (Lipinski definition) is 2. The van der Waals surface area contributed by atoms with Gasteiger partial charge < -0.3 is 15.5 Å². The number of rotatable bonds is 5. The van der Waals surface area contributed by atoms with E-state index in [0.29, 0.717) is 6.42 Å². The molecule has 23 heavy (non-hydrogen) atoms. The number of aliphatic imine (C=N–C) groups is 1. The lowest BCUT2D eigenvalue weighted by Gasteiger charge is -2.18. The highest BCUT2D eigenvalue weighted by Crippen LogP contribution is 2.10. The van der Waals surface area contributed by atoms with Crippen molar-refractivity contribution in [3.63, 3.8) is 0 Å². The van der Waals surface area contributed by atoms with E-state index in [1.807, 2.05) is 35.8 Å². The van der Waals surface area contributed by atoms with E-state index in [-0.39, 0.29) is 35.9 Å². The fraction of sp³-hybridized carbons (Fsp3) is 0.667. The first-order valence-electron chi connectivity index (χ1n) is 7.86. The lowest BCUT2D eigenvalue weighted by atomic mass is 10.3. The average molecular weight is 434 g/mol. The molecule has 2 heterocycles. The molecular weight excluding hydrogens is 407 g/mol. The van der Waals surface area contributed by atoms with E-state index in [2.05, 4.69) is 20.7 Å². The van der Waals surface area contributed by atoms with Crippen LogP contribution in [-0.4, -0.2) is 59.3 Å². The minimum Gasteiger partial charge on any atom is -0.355 e. The van der Waals surface area contributed by atoms with Gasteiger partial charge in [-0.2, -0.15) is 5.10 Å². The standard InChI is InChI=1S/C15H26N6O.HI/c1-4-14(22)20-7-5-13(11-20)19-15(16-3)17-6-8-21-10-12(2)9-18-21;/h9-10,13H,4-8,11H2,1-3H3,(H2,16,17,19);1H. The molecule has 0 bridgehead atoms. The molecule has 1 amide bonds. The van der Waals surface area contributed by atoms with Gasteiger partial charge in [-0.15, -0.1) is 24.0 Å². The Balaban J connectivity index is 0.00000264. The first-order valence-corrected chi connectivity index (χ1v) is 7.86. The molecule has 1 unspecified atom stereocenters. The Bertz CT molecular complexity index is 530. The lowest BCUT2D eigenvalue weighted by molar-refractivity contribution is -0.129. The van der Waals surface area contributed by atoms with Crippen molar-refractivity contribution < 1.29 is 4.79 Å². The first kappa shape index (κ1) is 19.7. The maximum atomic E-state index is 11.7. The molecular formula is C15H27IN6O. The fourth-order valence-electron chi connectivity index (χ4n) is 2.59. The molecule has 8 heteroatoms. The number of amides is 1. The van der Waals surface area contributed by atoms with Crippen LogP contribution in [0.25, 0.3) is 0 Å². The number of halogens is 1. The minimum atomic E-state index is 0. The number of aryl methyl sites for hydroxylation is 1. The van der Waals surface area contributed by atoms with Crippen molar-refractivity contribution in [2.24, 2.45) is 4.99 Å². The topological polar surface area (TPSA) is 74.6 Å². The Morgan fingerprint density at radius 1 is 1.52 bits per heavy atom.